The highest BCUT2D eigenvalue weighted by Crippen LogP contribution is 2.36. The molecule has 0 saturated carbocycles. The topological polar surface area (TPSA) is 58.7 Å². The number of fused-ring (bicyclic) bond motifs is 3. The molecule has 0 radical (unpaired) electrons. The molecule has 1 atom stereocenters. The Bertz CT molecular complexity index is 1130. The number of thiophene rings is 1. The molecule has 4 rings (SSSR count). The van der Waals surface area contributed by atoms with Crippen molar-refractivity contribution in [1.29, 1.82) is 5.26 Å². The quantitative estimate of drug-likeness (QED) is 0.547. The van der Waals surface area contributed by atoms with Crippen molar-refractivity contribution in [2.45, 2.75) is 52.0 Å². The van der Waals surface area contributed by atoms with Crippen LogP contribution in [-0.2, 0) is 25.8 Å². The molecule has 4 nitrogen and oxygen atoms in total. The first-order chi connectivity index (χ1) is 13.6. The third kappa shape index (κ3) is 3.72. The molecule has 0 fully saturated rings. The van der Waals surface area contributed by atoms with Crippen molar-refractivity contribution in [3.8, 4) is 6.07 Å². The van der Waals surface area contributed by atoms with Crippen LogP contribution in [0.2, 0.25) is 5.02 Å². The molecule has 0 saturated heterocycles. The highest BCUT2D eigenvalue weighted by Gasteiger charge is 2.24. The molecule has 28 heavy (non-hydrogen) atoms. The van der Waals surface area contributed by atoms with Crippen molar-refractivity contribution < 1.29 is 0 Å². The second-order valence-corrected chi connectivity index (χ2v) is 9.11. The maximum Gasteiger partial charge on any atom is 0.262 e. The Hall–Kier alpha value is -2.16. The van der Waals surface area contributed by atoms with E-state index in [1.807, 2.05) is 24.3 Å². The van der Waals surface area contributed by atoms with Crippen LogP contribution < -0.4 is 5.56 Å². The van der Waals surface area contributed by atoms with Gasteiger partial charge < -0.3 is 0 Å². The number of aryl methyl sites for hydroxylation is 1. The number of aromatic nitrogens is 2. The van der Waals surface area contributed by atoms with Crippen LogP contribution in [0.4, 0.5) is 0 Å². The van der Waals surface area contributed by atoms with Gasteiger partial charge in [0, 0.05) is 29.3 Å². The zero-order valence-corrected chi connectivity index (χ0v) is 17.4. The lowest BCUT2D eigenvalue weighted by molar-refractivity contribution is 0.509. The third-order valence-electron chi connectivity index (χ3n) is 5.42. The third-order valence-corrected chi connectivity index (χ3v) is 6.80. The van der Waals surface area contributed by atoms with Gasteiger partial charge in [0.15, 0.2) is 0 Å². The van der Waals surface area contributed by atoms with Crippen LogP contribution in [0, 0.1) is 17.2 Å². The largest absolute Gasteiger partial charge is 0.296 e. The SMILES string of the molecule is CC1CCc2c(sc3nc(Cc4cccc(Cl)c4)n(CCCC#N)c(=O)c23)C1. The summed E-state index contributed by atoms with van der Waals surface area (Å²) in [5, 5.41) is 10.4. The molecule has 0 aliphatic heterocycles. The number of rotatable bonds is 5. The Kier molecular flexibility index (Phi) is 5.52. The van der Waals surface area contributed by atoms with Gasteiger partial charge in [0.25, 0.3) is 5.56 Å². The van der Waals surface area contributed by atoms with Gasteiger partial charge in [-0.3, -0.25) is 9.36 Å². The maximum atomic E-state index is 13.4. The average molecular weight is 412 g/mol. The summed E-state index contributed by atoms with van der Waals surface area (Å²) in [6, 6.07) is 9.85. The van der Waals surface area contributed by atoms with Crippen LogP contribution in [0.5, 0.6) is 0 Å². The smallest absolute Gasteiger partial charge is 0.262 e. The van der Waals surface area contributed by atoms with Crippen LogP contribution in [0.3, 0.4) is 0 Å². The van der Waals surface area contributed by atoms with E-state index in [4.69, 9.17) is 21.8 Å². The predicted molar refractivity (Wildman–Crippen MR) is 114 cm³/mol. The van der Waals surface area contributed by atoms with E-state index in [2.05, 4.69) is 13.0 Å². The van der Waals surface area contributed by atoms with E-state index < -0.39 is 0 Å². The Morgan fingerprint density at radius 2 is 2.29 bits per heavy atom. The van der Waals surface area contributed by atoms with Crippen LogP contribution in [-0.4, -0.2) is 9.55 Å². The van der Waals surface area contributed by atoms with E-state index in [9.17, 15) is 4.79 Å². The molecule has 0 bridgehead atoms. The van der Waals surface area contributed by atoms with E-state index in [0.29, 0.717) is 36.7 Å². The molecule has 1 aromatic carbocycles. The maximum absolute atomic E-state index is 13.4. The number of hydrogen-bond acceptors (Lipinski definition) is 4. The van der Waals surface area contributed by atoms with Crippen molar-refractivity contribution in [3.63, 3.8) is 0 Å². The lowest BCUT2D eigenvalue weighted by Crippen LogP contribution is -2.26. The zero-order valence-electron chi connectivity index (χ0n) is 15.9. The van der Waals surface area contributed by atoms with Crippen LogP contribution >= 0.6 is 22.9 Å². The fraction of sp³-hybridized carbons (Fsp3) is 0.409. The zero-order chi connectivity index (χ0) is 19.7. The van der Waals surface area contributed by atoms with Gasteiger partial charge in [-0.25, -0.2) is 4.98 Å². The summed E-state index contributed by atoms with van der Waals surface area (Å²) in [7, 11) is 0. The molecule has 6 heteroatoms. The van der Waals surface area contributed by atoms with Gasteiger partial charge >= 0.3 is 0 Å². The molecule has 144 valence electrons. The molecule has 1 aliphatic carbocycles. The van der Waals surface area contributed by atoms with Gasteiger partial charge in [-0.1, -0.05) is 30.7 Å². The van der Waals surface area contributed by atoms with Crippen molar-refractivity contribution in [1.82, 2.24) is 9.55 Å². The molecule has 1 aliphatic rings. The second-order valence-electron chi connectivity index (χ2n) is 7.59. The molecule has 1 unspecified atom stereocenters. The van der Waals surface area contributed by atoms with Crippen LogP contribution in [0.15, 0.2) is 29.1 Å². The summed E-state index contributed by atoms with van der Waals surface area (Å²) in [5.74, 6) is 1.41. The highest BCUT2D eigenvalue weighted by atomic mass is 35.5. The van der Waals surface area contributed by atoms with Crippen molar-refractivity contribution in [3.05, 3.63) is 61.5 Å². The van der Waals surface area contributed by atoms with E-state index in [0.717, 1.165) is 40.9 Å². The van der Waals surface area contributed by atoms with Gasteiger partial charge in [0.05, 0.1) is 11.5 Å². The number of hydrogen-bond donors (Lipinski definition) is 0. The summed E-state index contributed by atoms with van der Waals surface area (Å²) >= 11 is 7.82. The molecule has 0 spiro atoms. The minimum absolute atomic E-state index is 0.0482. The first-order valence-electron chi connectivity index (χ1n) is 9.72. The van der Waals surface area contributed by atoms with E-state index in [1.54, 1.807) is 15.9 Å². The number of benzene rings is 1. The number of nitrogens with zero attached hydrogens (tertiary/aromatic N) is 3. The van der Waals surface area contributed by atoms with Gasteiger partial charge in [-0.05, 0) is 54.9 Å². The van der Waals surface area contributed by atoms with Crippen molar-refractivity contribution in [2.24, 2.45) is 5.92 Å². The molecule has 2 heterocycles. The van der Waals surface area contributed by atoms with Gasteiger partial charge in [-0.15, -0.1) is 11.3 Å². The molecule has 3 aromatic rings. The lowest BCUT2D eigenvalue weighted by Gasteiger charge is -2.18. The minimum Gasteiger partial charge on any atom is -0.296 e. The standard InChI is InChI=1S/C22H22ClN3OS/c1-14-7-8-17-18(11-14)28-21-20(17)22(27)26(10-3-2-9-24)19(25-21)13-15-5-4-6-16(23)12-15/h4-6,12,14H,2-3,7-8,10-11,13H2,1H3. The summed E-state index contributed by atoms with van der Waals surface area (Å²) in [5.41, 5.74) is 2.29. The second kappa shape index (κ2) is 8.06. The predicted octanol–water partition coefficient (Wildman–Crippen LogP) is 5.13. The van der Waals surface area contributed by atoms with Crippen molar-refractivity contribution >= 4 is 33.2 Å². The van der Waals surface area contributed by atoms with Gasteiger partial charge in [0.2, 0.25) is 0 Å². The van der Waals surface area contributed by atoms with E-state index >= 15 is 0 Å². The van der Waals surface area contributed by atoms with E-state index in [1.165, 1.54) is 10.4 Å². The minimum atomic E-state index is 0.0482. The van der Waals surface area contributed by atoms with Crippen LogP contribution in [0.25, 0.3) is 10.2 Å². The summed E-state index contributed by atoms with van der Waals surface area (Å²) in [4.78, 5) is 20.5. The average Bonchev–Trinajstić information content (AvgIpc) is 3.01. The van der Waals surface area contributed by atoms with Gasteiger partial charge in [0.1, 0.15) is 10.7 Å². The molecular weight excluding hydrogens is 390 g/mol. The first kappa shape index (κ1) is 19.2. The van der Waals surface area contributed by atoms with Crippen LogP contribution in [0.1, 0.15) is 48.0 Å². The van der Waals surface area contributed by atoms with Crippen molar-refractivity contribution in [2.75, 3.05) is 0 Å². The number of nitriles is 1. The summed E-state index contributed by atoms with van der Waals surface area (Å²) in [6.45, 7) is 2.79. The summed E-state index contributed by atoms with van der Waals surface area (Å²) < 4.78 is 1.78. The summed E-state index contributed by atoms with van der Waals surface area (Å²) in [6.07, 6.45) is 4.75. The van der Waals surface area contributed by atoms with Gasteiger partial charge in [-0.2, -0.15) is 5.26 Å². The normalized spacial score (nSPS) is 16.1. The lowest BCUT2D eigenvalue weighted by atomic mass is 9.89. The first-order valence-corrected chi connectivity index (χ1v) is 10.9. The van der Waals surface area contributed by atoms with E-state index in [-0.39, 0.29) is 5.56 Å². The number of halogens is 1. The molecule has 2 aromatic heterocycles. The fourth-order valence-corrected chi connectivity index (χ4v) is 5.58. The molecular formula is C22H22ClN3OS. The Morgan fingerprint density at radius 3 is 3.07 bits per heavy atom. The highest BCUT2D eigenvalue weighted by molar-refractivity contribution is 7.18. The monoisotopic (exact) mass is 411 g/mol. The fourth-order valence-electron chi connectivity index (χ4n) is 3.98. The Labute approximate surface area is 173 Å². The Balaban J connectivity index is 1.83. The number of unbranched alkanes of at least 4 members (excludes halogenated alkanes) is 1. The molecule has 0 N–H and O–H groups in total. The Morgan fingerprint density at radius 1 is 1.43 bits per heavy atom. The molecule has 0 amide bonds.